The van der Waals surface area contributed by atoms with Gasteiger partial charge in [-0.3, -0.25) is 9.59 Å². The molecular formula is C10H14N2O3S. The highest BCUT2D eigenvalue weighted by Crippen LogP contribution is 2.08. The first-order valence-corrected chi connectivity index (χ1v) is 5.82. The Morgan fingerprint density at radius 2 is 2.31 bits per heavy atom. The summed E-state index contributed by atoms with van der Waals surface area (Å²) in [4.78, 5) is 25.8. The van der Waals surface area contributed by atoms with Gasteiger partial charge in [0.05, 0.1) is 6.54 Å². The Labute approximate surface area is 97.5 Å². The molecule has 0 aliphatic carbocycles. The summed E-state index contributed by atoms with van der Waals surface area (Å²) in [6, 6.07) is 0. The van der Waals surface area contributed by atoms with Crippen molar-refractivity contribution < 1.29 is 14.7 Å². The lowest BCUT2D eigenvalue weighted by molar-refractivity contribution is -0.138. The van der Waals surface area contributed by atoms with Crippen molar-refractivity contribution in [1.29, 1.82) is 0 Å². The van der Waals surface area contributed by atoms with E-state index in [-0.39, 0.29) is 24.7 Å². The third-order valence-corrected chi connectivity index (χ3v) is 2.76. The molecule has 1 amide bonds. The van der Waals surface area contributed by atoms with Crippen LogP contribution in [-0.2, 0) is 16.1 Å². The van der Waals surface area contributed by atoms with Crippen molar-refractivity contribution in [3.05, 3.63) is 16.6 Å². The number of hydrogen-bond donors (Lipinski definition) is 2. The molecule has 1 heterocycles. The highest BCUT2D eigenvalue weighted by molar-refractivity contribution is 7.09. The maximum absolute atomic E-state index is 11.4. The first-order valence-electron chi connectivity index (χ1n) is 4.94. The molecule has 1 unspecified atom stereocenters. The first-order chi connectivity index (χ1) is 7.58. The summed E-state index contributed by atoms with van der Waals surface area (Å²) >= 11 is 1.47. The number of carboxylic acid groups (broad SMARTS) is 1. The maximum Gasteiger partial charge on any atom is 0.303 e. The average molecular weight is 242 g/mol. The molecule has 0 spiro atoms. The van der Waals surface area contributed by atoms with E-state index in [2.05, 4.69) is 10.3 Å². The summed E-state index contributed by atoms with van der Waals surface area (Å²) in [6.07, 6.45) is 1.93. The number of aliphatic carboxylic acids is 1. The van der Waals surface area contributed by atoms with Crippen LogP contribution >= 0.6 is 11.3 Å². The van der Waals surface area contributed by atoms with Gasteiger partial charge in [-0.2, -0.15) is 0 Å². The number of thiazole rings is 1. The molecular weight excluding hydrogens is 228 g/mol. The Morgan fingerprint density at radius 3 is 2.88 bits per heavy atom. The quantitative estimate of drug-likeness (QED) is 0.787. The molecule has 0 aromatic carbocycles. The van der Waals surface area contributed by atoms with E-state index in [1.807, 2.05) is 5.38 Å². The van der Waals surface area contributed by atoms with Gasteiger partial charge in [0.2, 0.25) is 5.91 Å². The van der Waals surface area contributed by atoms with Gasteiger partial charge >= 0.3 is 5.97 Å². The van der Waals surface area contributed by atoms with E-state index >= 15 is 0 Å². The monoisotopic (exact) mass is 242 g/mol. The minimum atomic E-state index is -0.875. The SMILES string of the molecule is CC(CC(=O)O)CC(=O)NCc1nccs1. The van der Waals surface area contributed by atoms with Crippen molar-refractivity contribution >= 4 is 23.2 Å². The number of hydrogen-bond acceptors (Lipinski definition) is 4. The van der Waals surface area contributed by atoms with Crippen LogP contribution in [0, 0.1) is 5.92 Å². The lowest BCUT2D eigenvalue weighted by Crippen LogP contribution is -2.25. The molecule has 1 aromatic rings. The second-order valence-corrected chi connectivity index (χ2v) is 4.59. The fourth-order valence-corrected chi connectivity index (χ4v) is 1.83. The van der Waals surface area contributed by atoms with E-state index in [1.54, 1.807) is 13.1 Å². The Balaban J connectivity index is 2.23. The molecule has 1 rings (SSSR count). The van der Waals surface area contributed by atoms with Crippen LogP contribution in [0.15, 0.2) is 11.6 Å². The number of aromatic nitrogens is 1. The Bertz CT molecular complexity index is 351. The summed E-state index contributed by atoms with van der Waals surface area (Å²) in [6.45, 7) is 2.16. The normalized spacial score (nSPS) is 12.1. The molecule has 6 heteroatoms. The van der Waals surface area contributed by atoms with Crippen LogP contribution in [0.4, 0.5) is 0 Å². The standard InChI is InChI=1S/C10H14N2O3S/c1-7(5-10(14)15)4-8(13)12-6-9-11-2-3-16-9/h2-3,7H,4-6H2,1H3,(H,12,13)(H,14,15). The number of carbonyl (C=O) groups is 2. The van der Waals surface area contributed by atoms with Gasteiger partial charge in [0.15, 0.2) is 0 Å². The molecule has 0 saturated heterocycles. The van der Waals surface area contributed by atoms with Crippen molar-refractivity contribution in [2.75, 3.05) is 0 Å². The van der Waals surface area contributed by atoms with Crippen LogP contribution in [0.5, 0.6) is 0 Å². The lowest BCUT2D eigenvalue weighted by atomic mass is 10.0. The van der Waals surface area contributed by atoms with Crippen molar-refractivity contribution in [2.45, 2.75) is 26.3 Å². The van der Waals surface area contributed by atoms with Crippen molar-refractivity contribution in [3.8, 4) is 0 Å². The number of rotatable bonds is 6. The van der Waals surface area contributed by atoms with E-state index in [1.165, 1.54) is 11.3 Å². The molecule has 88 valence electrons. The highest BCUT2D eigenvalue weighted by Gasteiger charge is 2.12. The van der Waals surface area contributed by atoms with E-state index in [9.17, 15) is 9.59 Å². The predicted octanol–water partition coefficient (Wildman–Crippen LogP) is 1.26. The number of nitrogens with one attached hydrogen (secondary N) is 1. The van der Waals surface area contributed by atoms with Gasteiger partial charge in [0.25, 0.3) is 0 Å². The zero-order chi connectivity index (χ0) is 12.0. The fourth-order valence-electron chi connectivity index (χ4n) is 1.27. The highest BCUT2D eigenvalue weighted by atomic mass is 32.1. The largest absolute Gasteiger partial charge is 0.481 e. The van der Waals surface area contributed by atoms with E-state index in [0.717, 1.165) is 5.01 Å². The van der Waals surface area contributed by atoms with Crippen molar-refractivity contribution in [1.82, 2.24) is 10.3 Å². The third kappa shape index (κ3) is 4.88. The summed E-state index contributed by atoms with van der Waals surface area (Å²) in [7, 11) is 0. The second-order valence-electron chi connectivity index (χ2n) is 3.61. The average Bonchev–Trinajstić information content (AvgIpc) is 2.65. The Hall–Kier alpha value is -1.43. The van der Waals surface area contributed by atoms with Gasteiger partial charge in [0, 0.05) is 24.4 Å². The number of carboxylic acids is 1. The minimum absolute atomic E-state index is 0.0185. The molecule has 16 heavy (non-hydrogen) atoms. The van der Waals surface area contributed by atoms with Crippen LogP contribution in [0.1, 0.15) is 24.8 Å². The van der Waals surface area contributed by atoms with E-state index in [0.29, 0.717) is 6.54 Å². The zero-order valence-corrected chi connectivity index (χ0v) is 9.79. The summed E-state index contributed by atoms with van der Waals surface area (Å²) in [5.74, 6) is -1.15. The van der Waals surface area contributed by atoms with Gasteiger partial charge in [-0.15, -0.1) is 11.3 Å². The summed E-state index contributed by atoms with van der Waals surface area (Å²) < 4.78 is 0. The smallest absolute Gasteiger partial charge is 0.303 e. The van der Waals surface area contributed by atoms with Gasteiger partial charge < -0.3 is 10.4 Å². The van der Waals surface area contributed by atoms with Gasteiger partial charge in [-0.25, -0.2) is 4.98 Å². The zero-order valence-electron chi connectivity index (χ0n) is 8.97. The summed E-state index contributed by atoms with van der Waals surface area (Å²) in [5.41, 5.74) is 0. The van der Waals surface area contributed by atoms with Crippen LogP contribution in [0.3, 0.4) is 0 Å². The number of nitrogens with zero attached hydrogens (tertiary/aromatic N) is 1. The number of carbonyl (C=O) groups excluding carboxylic acids is 1. The molecule has 0 radical (unpaired) electrons. The molecule has 0 aliphatic rings. The lowest BCUT2D eigenvalue weighted by Gasteiger charge is -2.08. The molecule has 1 atom stereocenters. The second kappa shape index (κ2) is 6.22. The Kier molecular flexibility index (Phi) is 4.91. The maximum atomic E-state index is 11.4. The van der Waals surface area contributed by atoms with E-state index in [4.69, 9.17) is 5.11 Å². The van der Waals surface area contributed by atoms with Crippen LogP contribution in [0.2, 0.25) is 0 Å². The topological polar surface area (TPSA) is 79.3 Å². The Morgan fingerprint density at radius 1 is 1.56 bits per heavy atom. The molecule has 0 bridgehead atoms. The van der Waals surface area contributed by atoms with Gasteiger partial charge in [-0.05, 0) is 5.92 Å². The van der Waals surface area contributed by atoms with Crippen LogP contribution in [0.25, 0.3) is 0 Å². The molecule has 0 saturated carbocycles. The predicted molar refractivity (Wildman–Crippen MR) is 60.0 cm³/mol. The summed E-state index contributed by atoms with van der Waals surface area (Å²) in [5, 5.41) is 13.9. The number of amides is 1. The first kappa shape index (κ1) is 12.6. The molecule has 0 fully saturated rings. The molecule has 5 nitrogen and oxygen atoms in total. The van der Waals surface area contributed by atoms with Crippen LogP contribution in [-0.4, -0.2) is 22.0 Å². The van der Waals surface area contributed by atoms with Crippen LogP contribution < -0.4 is 5.32 Å². The third-order valence-electron chi connectivity index (χ3n) is 1.98. The molecule has 1 aromatic heterocycles. The minimum Gasteiger partial charge on any atom is -0.481 e. The van der Waals surface area contributed by atoms with Crippen molar-refractivity contribution in [3.63, 3.8) is 0 Å². The fraction of sp³-hybridized carbons (Fsp3) is 0.500. The van der Waals surface area contributed by atoms with Crippen molar-refractivity contribution in [2.24, 2.45) is 5.92 Å². The molecule has 2 N–H and O–H groups in total. The van der Waals surface area contributed by atoms with Gasteiger partial charge in [-0.1, -0.05) is 6.92 Å². The van der Waals surface area contributed by atoms with Gasteiger partial charge in [0.1, 0.15) is 5.01 Å². The van der Waals surface area contributed by atoms with E-state index < -0.39 is 5.97 Å². The molecule has 0 aliphatic heterocycles.